The van der Waals surface area contributed by atoms with Gasteiger partial charge in [-0.3, -0.25) is 0 Å². The van der Waals surface area contributed by atoms with E-state index in [0.717, 1.165) is 25.9 Å². The largest absolute Gasteiger partial charge is 0.464 e. The number of carbonyl (C=O) groups excluding carboxylic acids is 1. The van der Waals surface area contributed by atoms with Crippen molar-refractivity contribution in [2.45, 2.75) is 31.5 Å². The van der Waals surface area contributed by atoms with Gasteiger partial charge in [0.15, 0.2) is 6.10 Å². The number of esters is 1. The predicted molar refractivity (Wildman–Crippen MR) is 51.0 cm³/mol. The molecule has 2 aliphatic rings. The second-order valence-corrected chi connectivity index (χ2v) is 4.12. The maximum atomic E-state index is 11.4. The van der Waals surface area contributed by atoms with Crippen LogP contribution in [0.5, 0.6) is 0 Å². The molecule has 1 spiro atoms. The van der Waals surface area contributed by atoms with Crippen LogP contribution in [-0.4, -0.2) is 49.3 Å². The van der Waals surface area contributed by atoms with E-state index in [0.29, 0.717) is 6.61 Å². The Bertz CT molecular complexity index is 234. The van der Waals surface area contributed by atoms with Crippen LogP contribution in [0.1, 0.15) is 19.8 Å². The number of nitrogens with zero attached hydrogens (tertiary/aromatic N) is 1. The molecule has 4 heteroatoms. The molecule has 0 N–H and O–H groups in total. The number of likely N-dealkylation sites (tertiary alicyclic amines) is 1. The highest BCUT2D eigenvalue weighted by Crippen LogP contribution is 2.45. The van der Waals surface area contributed by atoms with Gasteiger partial charge in [-0.1, -0.05) is 0 Å². The second kappa shape index (κ2) is 3.51. The Morgan fingerprint density at radius 2 is 2.21 bits per heavy atom. The first kappa shape index (κ1) is 9.93. The molecule has 0 amide bonds. The van der Waals surface area contributed by atoms with Gasteiger partial charge < -0.3 is 14.4 Å². The van der Waals surface area contributed by atoms with E-state index in [4.69, 9.17) is 9.47 Å². The molecule has 80 valence electrons. The first-order valence-electron chi connectivity index (χ1n) is 5.21. The van der Waals surface area contributed by atoms with Crippen LogP contribution in [0.25, 0.3) is 0 Å². The van der Waals surface area contributed by atoms with E-state index in [1.807, 2.05) is 6.92 Å². The van der Waals surface area contributed by atoms with E-state index in [1.165, 1.54) is 0 Å². The zero-order valence-electron chi connectivity index (χ0n) is 8.78. The van der Waals surface area contributed by atoms with E-state index in [-0.39, 0.29) is 17.7 Å². The van der Waals surface area contributed by atoms with Crippen LogP contribution in [0.15, 0.2) is 0 Å². The highest BCUT2D eigenvalue weighted by atomic mass is 16.7. The first-order valence-corrected chi connectivity index (χ1v) is 5.21. The van der Waals surface area contributed by atoms with Crippen molar-refractivity contribution in [3.8, 4) is 0 Å². The summed E-state index contributed by atoms with van der Waals surface area (Å²) in [6.07, 6.45) is 1.62. The fraction of sp³-hybridized carbons (Fsp3) is 0.900. The highest BCUT2D eigenvalue weighted by molar-refractivity contribution is 5.79. The quantitative estimate of drug-likeness (QED) is 0.477. The summed E-state index contributed by atoms with van der Waals surface area (Å²) in [5.74, 6) is -0.183. The summed E-state index contributed by atoms with van der Waals surface area (Å²) in [5, 5.41) is 0. The van der Waals surface area contributed by atoms with Crippen LogP contribution < -0.4 is 0 Å². The van der Waals surface area contributed by atoms with E-state index in [2.05, 4.69) is 11.9 Å². The van der Waals surface area contributed by atoms with Crippen LogP contribution >= 0.6 is 0 Å². The number of hydrogen-bond donors (Lipinski definition) is 0. The molecule has 0 saturated carbocycles. The Balaban J connectivity index is 1.87. The second-order valence-electron chi connectivity index (χ2n) is 4.12. The van der Waals surface area contributed by atoms with Crippen LogP contribution in [0.4, 0.5) is 0 Å². The van der Waals surface area contributed by atoms with Crippen molar-refractivity contribution >= 4 is 5.97 Å². The lowest BCUT2D eigenvalue weighted by Crippen LogP contribution is -2.37. The molecule has 0 aromatic rings. The fourth-order valence-corrected chi connectivity index (χ4v) is 2.06. The fourth-order valence-electron chi connectivity index (χ4n) is 2.06. The van der Waals surface area contributed by atoms with Crippen molar-refractivity contribution < 1.29 is 14.3 Å². The number of piperidine rings is 1. The zero-order chi connectivity index (χ0) is 10.2. The van der Waals surface area contributed by atoms with Crippen molar-refractivity contribution in [2.75, 3.05) is 26.7 Å². The van der Waals surface area contributed by atoms with Gasteiger partial charge in [0, 0.05) is 13.1 Å². The number of rotatable bonds is 2. The third-order valence-corrected chi connectivity index (χ3v) is 3.11. The van der Waals surface area contributed by atoms with Crippen molar-refractivity contribution in [3.63, 3.8) is 0 Å². The summed E-state index contributed by atoms with van der Waals surface area (Å²) in [7, 11) is 2.09. The Morgan fingerprint density at radius 3 is 2.79 bits per heavy atom. The number of hydrogen-bond acceptors (Lipinski definition) is 4. The predicted octanol–water partition coefficient (Wildman–Crippen LogP) is 0.413. The van der Waals surface area contributed by atoms with E-state index < -0.39 is 0 Å². The normalized spacial score (nSPS) is 30.3. The molecule has 2 heterocycles. The third kappa shape index (κ3) is 1.64. The molecule has 0 radical (unpaired) electrons. The van der Waals surface area contributed by atoms with Crippen molar-refractivity contribution in [2.24, 2.45) is 0 Å². The lowest BCUT2D eigenvalue weighted by molar-refractivity contribution is -0.144. The molecule has 1 atom stereocenters. The lowest BCUT2D eigenvalue weighted by atomic mass is 9.93. The van der Waals surface area contributed by atoms with Gasteiger partial charge >= 0.3 is 5.97 Å². The average Bonchev–Trinajstić information content (AvgIpc) is 2.87. The maximum Gasteiger partial charge on any atom is 0.338 e. The van der Waals surface area contributed by atoms with Gasteiger partial charge in [0.05, 0.1) is 6.61 Å². The Morgan fingerprint density at radius 1 is 1.57 bits per heavy atom. The van der Waals surface area contributed by atoms with Gasteiger partial charge in [0.25, 0.3) is 0 Å². The first-order chi connectivity index (χ1) is 6.68. The van der Waals surface area contributed by atoms with Crippen LogP contribution in [0.3, 0.4) is 0 Å². The van der Waals surface area contributed by atoms with E-state index in [1.54, 1.807) is 0 Å². The molecular formula is C10H17NO3. The van der Waals surface area contributed by atoms with Crippen LogP contribution in [0.2, 0.25) is 0 Å². The molecule has 14 heavy (non-hydrogen) atoms. The minimum absolute atomic E-state index is 0.168. The maximum absolute atomic E-state index is 11.4. The van der Waals surface area contributed by atoms with E-state index in [9.17, 15) is 4.79 Å². The summed E-state index contributed by atoms with van der Waals surface area (Å²) >= 11 is 0. The van der Waals surface area contributed by atoms with Crippen molar-refractivity contribution in [3.05, 3.63) is 0 Å². The molecule has 1 unspecified atom stereocenters. The van der Waals surface area contributed by atoms with Gasteiger partial charge in [-0.15, -0.1) is 0 Å². The summed E-state index contributed by atoms with van der Waals surface area (Å²) in [6, 6.07) is 0. The molecule has 0 aliphatic carbocycles. The topological polar surface area (TPSA) is 42.1 Å². The molecule has 4 nitrogen and oxygen atoms in total. The Hall–Kier alpha value is -0.610. The minimum atomic E-state index is -0.281. The number of ether oxygens (including phenoxy) is 2. The minimum Gasteiger partial charge on any atom is -0.464 e. The number of epoxide rings is 1. The summed E-state index contributed by atoms with van der Waals surface area (Å²) in [5.41, 5.74) is -0.168. The summed E-state index contributed by atoms with van der Waals surface area (Å²) < 4.78 is 10.4. The van der Waals surface area contributed by atoms with Gasteiger partial charge in [-0.05, 0) is 26.8 Å². The molecule has 2 aliphatic heterocycles. The molecular weight excluding hydrogens is 182 g/mol. The molecule has 2 rings (SSSR count). The average molecular weight is 199 g/mol. The standard InChI is InChI=1S/C10H17NO3/c1-3-13-9(12)8-10(14-8)4-6-11(2)7-5-10/h8H,3-7H2,1-2H3. The van der Waals surface area contributed by atoms with E-state index >= 15 is 0 Å². The van der Waals surface area contributed by atoms with Crippen molar-refractivity contribution in [1.29, 1.82) is 0 Å². The smallest absolute Gasteiger partial charge is 0.338 e. The van der Waals surface area contributed by atoms with Crippen LogP contribution in [0, 0.1) is 0 Å². The Kier molecular flexibility index (Phi) is 2.49. The molecule has 0 aromatic carbocycles. The number of carbonyl (C=O) groups is 1. The highest BCUT2D eigenvalue weighted by Gasteiger charge is 2.61. The molecule has 2 saturated heterocycles. The Labute approximate surface area is 84.2 Å². The monoisotopic (exact) mass is 199 g/mol. The molecule has 0 bridgehead atoms. The van der Waals surface area contributed by atoms with Crippen LogP contribution in [-0.2, 0) is 14.3 Å². The van der Waals surface area contributed by atoms with Crippen molar-refractivity contribution in [1.82, 2.24) is 4.90 Å². The van der Waals surface area contributed by atoms with Gasteiger partial charge in [0.2, 0.25) is 0 Å². The van der Waals surface area contributed by atoms with Gasteiger partial charge in [0.1, 0.15) is 5.60 Å². The zero-order valence-corrected chi connectivity index (χ0v) is 8.78. The summed E-state index contributed by atoms with van der Waals surface area (Å²) in [4.78, 5) is 13.7. The van der Waals surface area contributed by atoms with Gasteiger partial charge in [-0.25, -0.2) is 4.79 Å². The molecule has 0 aromatic heterocycles. The third-order valence-electron chi connectivity index (χ3n) is 3.11. The molecule has 2 fully saturated rings. The lowest BCUT2D eigenvalue weighted by Gasteiger charge is -2.26. The van der Waals surface area contributed by atoms with Gasteiger partial charge in [-0.2, -0.15) is 0 Å². The SMILES string of the molecule is CCOC(=O)C1OC12CCN(C)CC2. The summed E-state index contributed by atoms with van der Waals surface area (Å²) in [6.45, 7) is 4.28.